The lowest BCUT2D eigenvalue weighted by molar-refractivity contribution is 0.0331. The second-order valence-corrected chi connectivity index (χ2v) is 12.1. The topological polar surface area (TPSA) is 84.4 Å². The molecule has 2 aliphatic rings. The summed E-state index contributed by atoms with van der Waals surface area (Å²) in [5.41, 5.74) is 2.43. The highest BCUT2D eigenvalue weighted by Gasteiger charge is 2.23. The lowest BCUT2D eigenvalue weighted by Crippen LogP contribution is -2.36. The molecule has 0 saturated carbocycles. The number of anilines is 1. The Morgan fingerprint density at radius 3 is 2.58 bits per heavy atom. The highest BCUT2D eigenvalue weighted by molar-refractivity contribution is 7.90. The molecule has 0 spiro atoms. The van der Waals surface area contributed by atoms with Crippen molar-refractivity contribution in [3.05, 3.63) is 46.1 Å². The molecular weight excluding hydrogens is 456 g/mol. The first-order valence-electron chi connectivity index (χ1n) is 11.6. The predicted molar refractivity (Wildman–Crippen MR) is 132 cm³/mol. The van der Waals surface area contributed by atoms with Gasteiger partial charge in [-0.3, -0.25) is 4.90 Å². The van der Waals surface area contributed by atoms with Crippen LogP contribution in [0.2, 0.25) is 0 Å². The molecule has 5 rings (SSSR count). The van der Waals surface area contributed by atoms with Crippen LogP contribution in [0.1, 0.15) is 47.6 Å². The number of hydrogen-bond donors (Lipinski definition) is 1. The van der Waals surface area contributed by atoms with E-state index in [1.807, 2.05) is 23.5 Å². The summed E-state index contributed by atoms with van der Waals surface area (Å²) >= 11 is 1.82. The lowest BCUT2D eigenvalue weighted by Gasteiger charge is -2.26. The molecule has 3 aromatic rings. The predicted octanol–water partition coefficient (Wildman–Crippen LogP) is 3.98. The number of nitrogens with one attached hydrogen (secondary N) is 1. The Morgan fingerprint density at radius 1 is 1.12 bits per heavy atom. The van der Waals surface area contributed by atoms with Crippen molar-refractivity contribution in [3.8, 4) is 0 Å². The first-order valence-corrected chi connectivity index (χ1v) is 14.3. The molecule has 2 aromatic heterocycles. The van der Waals surface area contributed by atoms with E-state index in [0.29, 0.717) is 11.4 Å². The van der Waals surface area contributed by atoms with Gasteiger partial charge in [0.2, 0.25) is 0 Å². The van der Waals surface area contributed by atoms with Gasteiger partial charge in [0.15, 0.2) is 9.84 Å². The van der Waals surface area contributed by atoms with Crippen molar-refractivity contribution in [2.75, 3.05) is 37.9 Å². The van der Waals surface area contributed by atoms with E-state index in [2.05, 4.69) is 17.1 Å². The van der Waals surface area contributed by atoms with Crippen LogP contribution in [0.3, 0.4) is 0 Å². The molecule has 1 unspecified atom stereocenters. The van der Waals surface area contributed by atoms with Crippen LogP contribution in [-0.4, -0.2) is 55.8 Å². The number of aryl methyl sites for hydroxylation is 2. The number of sulfone groups is 1. The first kappa shape index (κ1) is 22.7. The maximum Gasteiger partial charge on any atom is 0.175 e. The third-order valence-corrected chi connectivity index (χ3v) is 8.81. The van der Waals surface area contributed by atoms with E-state index >= 15 is 0 Å². The fourth-order valence-electron chi connectivity index (χ4n) is 4.63. The number of fused-ring (bicyclic) bond motifs is 3. The van der Waals surface area contributed by atoms with E-state index in [1.54, 1.807) is 12.1 Å². The van der Waals surface area contributed by atoms with E-state index in [9.17, 15) is 8.42 Å². The summed E-state index contributed by atoms with van der Waals surface area (Å²) in [4.78, 5) is 15.2. The number of rotatable bonds is 6. The van der Waals surface area contributed by atoms with Crippen molar-refractivity contribution in [2.45, 2.75) is 50.1 Å². The number of aromatic nitrogens is 2. The molecule has 1 aliphatic carbocycles. The number of ether oxygens (including phenoxy) is 1. The Kier molecular flexibility index (Phi) is 6.39. The standard InChI is InChI=1S/C24H30N4O3S2/c1-16(17-7-9-18(10-8-17)33(2,29)30)25-23-22-19-5-3-4-6-20(19)32-24(22)27-21(26-23)15-28-11-13-31-14-12-28/h7-10,16H,3-6,11-15H2,1-2H3,(H,25,26,27). The highest BCUT2D eigenvalue weighted by Crippen LogP contribution is 2.39. The van der Waals surface area contributed by atoms with Gasteiger partial charge in [0.1, 0.15) is 16.5 Å². The molecule has 0 amide bonds. The van der Waals surface area contributed by atoms with Gasteiger partial charge in [-0.15, -0.1) is 11.3 Å². The molecule has 0 radical (unpaired) electrons. The second-order valence-electron chi connectivity index (χ2n) is 8.98. The van der Waals surface area contributed by atoms with Gasteiger partial charge in [-0.05, 0) is 55.9 Å². The number of hydrogen-bond acceptors (Lipinski definition) is 8. The highest BCUT2D eigenvalue weighted by atomic mass is 32.2. The normalized spacial score (nSPS) is 18.2. The minimum Gasteiger partial charge on any atom is -0.379 e. The third-order valence-electron chi connectivity index (χ3n) is 6.49. The summed E-state index contributed by atoms with van der Waals surface area (Å²) in [5.74, 6) is 1.73. The van der Waals surface area contributed by atoms with Gasteiger partial charge < -0.3 is 10.1 Å². The molecule has 7 nitrogen and oxygen atoms in total. The molecule has 9 heteroatoms. The largest absolute Gasteiger partial charge is 0.379 e. The van der Waals surface area contributed by atoms with E-state index in [0.717, 1.165) is 61.2 Å². The lowest BCUT2D eigenvalue weighted by atomic mass is 9.97. The molecule has 1 N–H and O–H groups in total. The summed E-state index contributed by atoms with van der Waals surface area (Å²) in [7, 11) is -3.21. The molecule has 1 aromatic carbocycles. The van der Waals surface area contributed by atoms with Crippen LogP contribution in [0.5, 0.6) is 0 Å². The zero-order valence-corrected chi connectivity index (χ0v) is 20.8. The van der Waals surface area contributed by atoms with E-state index in [1.165, 1.54) is 34.9 Å². The minimum absolute atomic E-state index is 0.0212. The van der Waals surface area contributed by atoms with Gasteiger partial charge >= 0.3 is 0 Å². The Balaban J connectivity index is 1.48. The molecule has 0 bridgehead atoms. The molecule has 3 heterocycles. The molecular formula is C24H30N4O3S2. The zero-order valence-electron chi connectivity index (χ0n) is 19.1. The summed E-state index contributed by atoms with van der Waals surface area (Å²) in [5, 5.41) is 4.80. The SMILES string of the molecule is CC(Nc1nc(CN2CCOCC2)nc2sc3c(c12)CCCC3)c1ccc(S(C)(=O)=O)cc1. The maximum absolute atomic E-state index is 11.8. The molecule has 1 atom stereocenters. The molecule has 1 saturated heterocycles. The van der Waals surface area contributed by atoms with Gasteiger partial charge in [0.05, 0.1) is 30.0 Å². The van der Waals surface area contributed by atoms with Crippen molar-refractivity contribution >= 4 is 37.2 Å². The van der Waals surface area contributed by atoms with Crippen LogP contribution in [-0.2, 0) is 34.0 Å². The zero-order chi connectivity index (χ0) is 23.0. The van der Waals surface area contributed by atoms with Gasteiger partial charge in [-0.1, -0.05) is 12.1 Å². The minimum atomic E-state index is -3.21. The molecule has 1 fully saturated rings. The Hall–Kier alpha value is -2.07. The van der Waals surface area contributed by atoms with Crippen LogP contribution < -0.4 is 5.32 Å². The maximum atomic E-state index is 11.8. The van der Waals surface area contributed by atoms with Crippen molar-refractivity contribution in [2.24, 2.45) is 0 Å². The summed E-state index contributed by atoms with van der Waals surface area (Å²) in [6.07, 6.45) is 5.87. The van der Waals surface area contributed by atoms with Gasteiger partial charge in [0, 0.05) is 30.3 Å². The number of morpholine rings is 1. The van der Waals surface area contributed by atoms with Crippen LogP contribution in [0, 0.1) is 0 Å². The summed E-state index contributed by atoms with van der Waals surface area (Å²) in [6, 6.07) is 7.09. The Bertz CT molecular complexity index is 1250. The molecule has 1 aliphatic heterocycles. The third kappa shape index (κ3) is 4.91. The number of nitrogens with zero attached hydrogens (tertiary/aromatic N) is 3. The molecule has 33 heavy (non-hydrogen) atoms. The van der Waals surface area contributed by atoms with Crippen LogP contribution in [0.25, 0.3) is 10.2 Å². The van der Waals surface area contributed by atoms with Crippen molar-refractivity contribution < 1.29 is 13.2 Å². The van der Waals surface area contributed by atoms with Crippen LogP contribution >= 0.6 is 11.3 Å². The van der Waals surface area contributed by atoms with E-state index < -0.39 is 9.84 Å². The second kappa shape index (κ2) is 9.29. The fraction of sp³-hybridized carbons (Fsp3) is 0.500. The summed E-state index contributed by atoms with van der Waals surface area (Å²) in [6.45, 7) is 6.10. The van der Waals surface area contributed by atoms with Crippen LogP contribution in [0.15, 0.2) is 29.2 Å². The van der Waals surface area contributed by atoms with Crippen molar-refractivity contribution in [3.63, 3.8) is 0 Å². The average molecular weight is 487 g/mol. The first-order chi connectivity index (χ1) is 15.9. The van der Waals surface area contributed by atoms with Gasteiger partial charge in [0.25, 0.3) is 0 Å². The fourth-order valence-corrected chi connectivity index (χ4v) is 6.54. The van der Waals surface area contributed by atoms with Gasteiger partial charge in [-0.25, -0.2) is 18.4 Å². The Morgan fingerprint density at radius 2 is 1.85 bits per heavy atom. The van der Waals surface area contributed by atoms with E-state index in [4.69, 9.17) is 14.7 Å². The monoisotopic (exact) mass is 486 g/mol. The molecule has 176 valence electrons. The van der Waals surface area contributed by atoms with Gasteiger partial charge in [-0.2, -0.15) is 0 Å². The Labute approximate surface area is 199 Å². The number of thiophene rings is 1. The number of benzene rings is 1. The quantitative estimate of drug-likeness (QED) is 0.564. The van der Waals surface area contributed by atoms with Crippen LogP contribution in [0.4, 0.5) is 5.82 Å². The van der Waals surface area contributed by atoms with Crippen molar-refractivity contribution in [1.82, 2.24) is 14.9 Å². The smallest absolute Gasteiger partial charge is 0.175 e. The summed E-state index contributed by atoms with van der Waals surface area (Å²) < 4.78 is 29.1. The van der Waals surface area contributed by atoms with E-state index in [-0.39, 0.29) is 6.04 Å². The average Bonchev–Trinajstić information content (AvgIpc) is 3.18. The van der Waals surface area contributed by atoms with Crippen molar-refractivity contribution in [1.29, 1.82) is 0 Å².